The maximum Gasteiger partial charge on any atom is 0.328 e. The number of benzene rings is 2. The Labute approximate surface area is 181 Å². The van der Waals surface area contributed by atoms with Crippen LogP contribution in [0.25, 0.3) is 11.3 Å². The normalized spacial score (nSPS) is 13.0. The number of carboxylic acid groups (broad SMARTS) is 1. The van der Waals surface area contributed by atoms with Crippen LogP contribution in [0, 0.1) is 0 Å². The number of thiazole rings is 1. The predicted octanol–water partition coefficient (Wildman–Crippen LogP) is 3.32. The highest BCUT2D eigenvalue weighted by Crippen LogP contribution is 2.37. The Morgan fingerprint density at radius 3 is 2.77 bits per heavy atom. The van der Waals surface area contributed by atoms with E-state index in [1.807, 2.05) is 42.5 Å². The predicted molar refractivity (Wildman–Crippen MR) is 116 cm³/mol. The largest absolute Gasteiger partial charge is 0.482 e. The minimum atomic E-state index is -1.21. The quantitative estimate of drug-likeness (QED) is 0.575. The number of nitrogens with zero attached hydrogens (tertiary/aromatic N) is 2. The zero-order valence-electron chi connectivity index (χ0n) is 16.1. The molecule has 9 heteroatoms. The van der Waals surface area contributed by atoms with E-state index in [1.165, 1.54) is 11.3 Å². The van der Waals surface area contributed by atoms with E-state index >= 15 is 0 Å². The summed E-state index contributed by atoms with van der Waals surface area (Å²) in [6.45, 7) is 0.406. The van der Waals surface area contributed by atoms with Crippen molar-refractivity contribution in [2.24, 2.45) is 0 Å². The fraction of sp³-hybridized carbons (Fsp3) is 0.0909. The maximum absolute atomic E-state index is 12.5. The Bertz CT molecular complexity index is 1170. The Morgan fingerprint density at radius 2 is 2.00 bits per heavy atom. The molecule has 0 radical (unpaired) electrons. The van der Waals surface area contributed by atoms with Gasteiger partial charge in [0, 0.05) is 23.1 Å². The molecule has 156 valence electrons. The van der Waals surface area contributed by atoms with E-state index < -0.39 is 11.9 Å². The molecule has 31 heavy (non-hydrogen) atoms. The number of nitrogens with one attached hydrogen (secondary N) is 1. The first-order chi connectivity index (χ1) is 15.0. The molecule has 0 aliphatic carbocycles. The molecule has 0 bridgehead atoms. The minimum absolute atomic E-state index is 0.0179. The van der Waals surface area contributed by atoms with Gasteiger partial charge in [-0.2, -0.15) is 0 Å². The van der Waals surface area contributed by atoms with Gasteiger partial charge in [0.1, 0.15) is 5.75 Å². The lowest BCUT2D eigenvalue weighted by Gasteiger charge is -2.29. The summed E-state index contributed by atoms with van der Waals surface area (Å²) in [5.41, 5.74) is 3.03. The van der Waals surface area contributed by atoms with Gasteiger partial charge >= 0.3 is 5.97 Å². The summed E-state index contributed by atoms with van der Waals surface area (Å²) in [6.07, 6.45) is 1.68. The Balaban J connectivity index is 1.58. The van der Waals surface area contributed by atoms with Crippen molar-refractivity contribution in [1.29, 1.82) is 0 Å². The van der Waals surface area contributed by atoms with Crippen molar-refractivity contribution >= 4 is 39.9 Å². The number of carboxylic acids is 1. The van der Waals surface area contributed by atoms with Crippen molar-refractivity contribution in [3.63, 3.8) is 0 Å². The van der Waals surface area contributed by atoms with Crippen molar-refractivity contribution in [2.75, 3.05) is 16.8 Å². The molecule has 1 aromatic heterocycles. The highest BCUT2D eigenvalue weighted by molar-refractivity contribution is 7.14. The third-order valence-corrected chi connectivity index (χ3v) is 5.25. The highest BCUT2D eigenvalue weighted by Gasteiger charge is 2.26. The number of aromatic nitrogens is 1. The van der Waals surface area contributed by atoms with Gasteiger partial charge in [-0.05, 0) is 23.8 Å². The van der Waals surface area contributed by atoms with Crippen molar-refractivity contribution in [3.05, 3.63) is 71.6 Å². The molecule has 0 saturated carbocycles. The Kier molecular flexibility index (Phi) is 5.76. The summed E-state index contributed by atoms with van der Waals surface area (Å²) in [5.74, 6) is -1.31. The van der Waals surface area contributed by atoms with Gasteiger partial charge in [-0.15, -0.1) is 11.3 Å². The second kappa shape index (κ2) is 8.80. The van der Waals surface area contributed by atoms with Crippen LogP contribution in [0.4, 0.5) is 10.8 Å². The van der Waals surface area contributed by atoms with Crippen LogP contribution in [0.15, 0.2) is 66.1 Å². The number of aliphatic carboxylic acids is 1. The summed E-state index contributed by atoms with van der Waals surface area (Å²) >= 11 is 1.21. The molecule has 0 saturated heterocycles. The SMILES string of the molecule is O=C(O)/C=C/C(=O)Nc1nc(-c2ccc3c(c2)N(Cc2ccccc2)C(=O)CO3)cs1. The van der Waals surface area contributed by atoms with Crippen LogP contribution in [0.3, 0.4) is 0 Å². The topological polar surface area (TPSA) is 109 Å². The lowest BCUT2D eigenvalue weighted by atomic mass is 10.1. The summed E-state index contributed by atoms with van der Waals surface area (Å²) in [4.78, 5) is 40.9. The number of carbonyl (C=O) groups is 3. The lowest BCUT2D eigenvalue weighted by Crippen LogP contribution is -2.38. The number of ether oxygens (including phenoxy) is 1. The average molecular weight is 435 g/mol. The van der Waals surface area contributed by atoms with Crippen molar-refractivity contribution in [3.8, 4) is 17.0 Å². The summed E-state index contributed by atoms with van der Waals surface area (Å²) in [6, 6.07) is 15.2. The van der Waals surface area contributed by atoms with E-state index in [-0.39, 0.29) is 12.5 Å². The first kappa shape index (κ1) is 20.3. The molecule has 2 N–H and O–H groups in total. The number of amides is 2. The molecule has 2 heterocycles. The van der Waals surface area contributed by atoms with Crippen LogP contribution in [-0.2, 0) is 20.9 Å². The average Bonchev–Trinajstić information content (AvgIpc) is 3.23. The van der Waals surface area contributed by atoms with E-state index in [1.54, 1.807) is 16.3 Å². The van der Waals surface area contributed by atoms with Crippen LogP contribution < -0.4 is 15.0 Å². The molecule has 1 aliphatic heterocycles. The Hall–Kier alpha value is -3.98. The third kappa shape index (κ3) is 4.78. The number of hydrogen-bond donors (Lipinski definition) is 2. The van der Waals surface area contributed by atoms with Gasteiger partial charge in [-0.3, -0.25) is 14.9 Å². The molecule has 8 nitrogen and oxygen atoms in total. The third-order valence-electron chi connectivity index (χ3n) is 4.49. The highest BCUT2D eigenvalue weighted by atomic mass is 32.1. The van der Waals surface area contributed by atoms with Gasteiger partial charge in [0.2, 0.25) is 5.91 Å². The zero-order chi connectivity index (χ0) is 21.8. The molecule has 0 unspecified atom stereocenters. The molecule has 0 fully saturated rings. The van der Waals surface area contributed by atoms with Crippen molar-refractivity contribution < 1.29 is 24.2 Å². The lowest BCUT2D eigenvalue weighted by molar-refractivity contribution is -0.131. The molecular weight excluding hydrogens is 418 g/mol. The molecule has 2 amide bonds. The van der Waals surface area contributed by atoms with Crippen LogP contribution in [0.2, 0.25) is 0 Å². The van der Waals surface area contributed by atoms with Gasteiger partial charge in [0.05, 0.1) is 17.9 Å². The van der Waals surface area contributed by atoms with Crippen molar-refractivity contribution in [2.45, 2.75) is 6.54 Å². The fourth-order valence-corrected chi connectivity index (χ4v) is 3.78. The second-order valence-electron chi connectivity index (χ2n) is 6.64. The first-order valence-corrected chi connectivity index (χ1v) is 10.2. The van der Waals surface area contributed by atoms with Crippen LogP contribution in [-0.4, -0.2) is 34.5 Å². The number of hydrogen-bond acceptors (Lipinski definition) is 6. The number of fused-ring (bicyclic) bond motifs is 1. The van der Waals surface area contributed by atoms with Gasteiger partial charge in [-0.25, -0.2) is 9.78 Å². The Morgan fingerprint density at radius 1 is 1.19 bits per heavy atom. The summed E-state index contributed by atoms with van der Waals surface area (Å²) < 4.78 is 5.58. The molecular formula is C22H17N3O5S. The monoisotopic (exact) mass is 435 g/mol. The first-order valence-electron chi connectivity index (χ1n) is 9.28. The molecule has 2 aromatic carbocycles. The van der Waals surface area contributed by atoms with Crippen LogP contribution in [0.1, 0.15) is 5.56 Å². The number of carbonyl (C=O) groups excluding carboxylic acids is 2. The zero-order valence-corrected chi connectivity index (χ0v) is 17.0. The van der Waals surface area contributed by atoms with E-state index in [0.29, 0.717) is 28.8 Å². The van der Waals surface area contributed by atoms with Gasteiger partial charge in [0.25, 0.3) is 5.91 Å². The fourth-order valence-electron chi connectivity index (χ4n) is 3.06. The van der Waals surface area contributed by atoms with E-state index in [9.17, 15) is 14.4 Å². The molecule has 1 aliphatic rings. The van der Waals surface area contributed by atoms with Crippen LogP contribution in [0.5, 0.6) is 5.75 Å². The summed E-state index contributed by atoms with van der Waals surface area (Å²) in [5, 5.41) is 13.2. The minimum Gasteiger partial charge on any atom is -0.482 e. The molecule has 4 rings (SSSR count). The van der Waals surface area contributed by atoms with Gasteiger partial charge in [0.15, 0.2) is 11.7 Å². The maximum atomic E-state index is 12.5. The van der Waals surface area contributed by atoms with E-state index in [2.05, 4.69) is 10.3 Å². The molecule has 0 spiro atoms. The van der Waals surface area contributed by atoms with E-state index in [4.69, 9.17) is 9.84 Å². The molecule has 3 aromatic rings. The second-order valence-corrected chi connectivity index (χ2v) is 7.49. The molecule has 0 atom stereocenters. The number of rotatable bonds is 6. The van der Waals surface area contributed by atoms with Crippen molar-refractivity contribution in [1.82, 2.24) is 4.98 Å². The number of anilines is 2. The van der Waals surface area contributed by atoms with Crippen LogP contribution >= 0.6 is 11.3 Å². The van der Waals surface area contributed by atoms with Gasteiger partial charge < -0.3 is 14.7 Å². The van der Waals surface area contributed by atoms with E-state index in [0.717, 1.165) is 23.3 Å². The standard InChI is InChI=1S/C22H17N3O5S/c26-19(8-9-21(28)29)24-22-23-16(13-31-22)15-6-7-18-17(10-15)25(20(27)12-30-18)11-14-4-2-1-3-5-14/h1-10,13H,11-12H2,(H,28,29)(H,23,24,26)/b9-8+. The summed E-state index contributed by atoms with van der Waals surface area (Å²) in [7, 11) is 0. The van der Waals surface area contributed by atoms with Gasteiger partial charge in [-0.1, -0.05) is 30.3 Å². The smallest absolute Gasteiger partial charge is 0.328 e.